The number of alkyl halides is 3. The highest BCUT2D eigenvalue weighted by Crippen LogP contribution is 2.28. The van der Waals surface area contributed by atoms with E-state index in [1.54, 1.807) is 7.11 Å². The molecule has 5 rings (SSSR count). The number of methoxy groups -OCH3 is 1. The van der Waals surface area contributed by atoms with Crippen molar-refractivity contribution in [2.75, 3.05) is 20.2 Å². The van der Waals surface area contributed by atoms with Crippen molar-refractivity contribution in [1.29, 1.82) is 0 Å². The third-order valence-electron chi connectivity index (χ3n) is 5.98. The normalized spacial score (nSPS) is 16.2. The van der Waals surface area contributed by atoms with Crippen molar-refractivity contribution in [3.8, 4) is 16.9 Å². The molecule has 3 aromatic heterocycles. The molecule has 194 valence electrons. The zero-order chi connectivity index (χ0) is 26.4. The number of aliphatic carboxylic acids is 1. The Morgan fingerprint density at radius 3 is 2.65 bits per heavy atom. The third kappa shape index (κ3) is 6.82. The molecular weight excluding hydrogens is 487 g/mol. The van der Waals surface area contributed by atoms with Crippen LogP contribution in [0.15, 0.2) is 67.0 Å². The minimum atomic E-state index is -5.08. The van der Waals surface area contributed by atoms with Gasteiger partial charge in [-0.1, -0.05) is 18.2 Å². The summed E-state index contributed by atoms with van der Waals surface area (Å²) in [5.41, 5.74) is 4.20. The monoisotopic (exact) mass is 513 g/mol. The molecule has 1 fully saturated rings. The maximum atomic E-state index is 10.6. The number of rotatable bonds is 5. The number of pyridine rings is 2. The second kappa shape index (κ2) is 11.4. The Hall–Kier alpha value is -3.99. The molecule has 1 atom stereocenters. The second-order valence-corrected chi connectivity index (χ2v) is 8.62. The van der Waals surface area contributed by atoms with E-state index < -0.39 is 12.1 Å². The lowest BCUT2D eigenvalue weighted by Crippen LogP contribution is -2.34. The average Bonchev–Trinajstić information content (AvgIpc) is 3.33. The van der Waals surface area contributed by atoms with E-state index in [-0.39, 0.29) is 0 Å². The van der Waals surface area contributed by atoms with Crippen molar-refractivity contribution in [3.63, 3.8) is 0 Å². The molecule has 1 aliphatic heterocycles. The highest BCUT2D eigenvalue weighted by Gasteiger charge is 2.38. The lowest BCUT2D eigenvalue weighted by molar-refractivity contribution is -0.192. The number of hydrogen-bond donors (Lipinski definition) is 1. The number of hydrogen-bond acceptors (Lipinski definition) is 6. The molecule has 0 radical (unpaired) electrons. The van der Waals surface area contributed by atoms with E-state index in [0.29, 0.717) is 5.92 Å². The summed E-state index contributed by atoms with van der Waals surface area (Å²) < 4.78 is 39.0. The van der Waals surface area contributed by atoms with Crippen LogP contribution in [-0.4, -0.2) is 61.9 Å². The van der Waals surface area contributed by atoms with Gasteiger partial charge < -0.3 is 9.84 Å². The molecular formula is C26H26F3N5O3. The average molecular weight is 514 g/mol. The molecule has 4 heterocycles. The van der Waals surface area contributed by atoms with E-state index in [1.165, 1.54) is 0 Å². The maximum absolute atomic E-state index is 10.6. The number of ether oxygens (including phenoxy) is 1. The van der Waals surface area contributed by atoms with Crippen LogP contribution >= 0.6 is 0 Å². The first-order chi connectivity index (χ1) is 17.7. The van der Waals surface area contributed by atoms with Gasteiger partial charge in [-0.25, -0.2) is 14.3 Å². The fourth-order valence-corrected chi connectivity index (χ4v) is 4.18. The van der Waals surface area contributed by atoms with Crippen molar-refractivity contribution in [3.05, 3.63) is 78.5 Å². The van der Waals surface area contributed by atoms with Gasteiger partial charge in [-0.2, -0.15) is 18.3 Å². The Balaban J connectivity index is 0.000000405. The molecule has 0 spiro atoms. The van der Waals surface area contributed by atoms with Crippen LogP contribution in [0.1, 0.15) is 30.3 Å². The fraction of sp³-hybridized carbons (Fsp3) is 0.308. The molecule has 1 unspecified atom stereocenters. The Kier molecular flexibility index (Phi) is 8.02. The van der Waals surface area contributed by atoms with E-state index >= 15 is 0 Å². The quantitative estimate of drug-likeness (QED) is 0.409. The molecule has 8 nitrogen and oxygen atoms in total. The second-order valence-electron chi connectivity index (χ2n) is 8.62. The number of carboxylic acids is 1. The van der Waals surface area contributed by atoms with Crippen molar-refractivity contribution in [2.45, 2.75) is 31.5 Å². The van der Waals surface area contributed by atoms with Gasteiger partial charge >= 0.3 is 12.1 Å². The van der Waals surface area contributed by atoms with E-state index in [4.69, 9.17) is 24.7 Å². The number of piperidine rings is 1. The van der Waals surface area contributed by atoms with Gasteiger partial charge in [0.05, 0.1) is 12.8 Å². The molecule has 37 heavy (non-hydrogen) atoms. The van der Waals surface area contributed by atoms with E-state index in [0.717, 1.165) is 66.5 Å². The van der Waals surface area contributed by atoms with Gasteiger partial charge in [-0.05, 0) is 61.3 Å². The summed E-state index contributed by atoms with van der Waals surface area (Å²) in [6.07, 6.45) is 1.11. The fourth-order valence-electron chi connectivity index (χ4n) is 4.18. The Morgan fingerprint density at radius 1 is 1.14 bits per heavy atom. The van der Waals surface area contributed by atoms with Crippen LogP contribution < -0.4 is 4.74 Å². The van der Waals surface area contributed by atoms with Crippen LogP contribution in [0.5, 0.6) is 5.75 Å². The van der Waals surface area contributed by atoms with Crippen molar-refractivity contribution in [1.82, 2.24) is 24.5 Å². The molecule has 1 aromatic carbocycles. The number of aromatic nitrogens is 4. The summed E-state index contributed by atoms with van der Waals surface area (Å²) in [7, 11) is 1.69. The molecule has 4 aromatic rings. The smallest absolute Gasteiger partial charge is 0.490 e. The van der Waals surface area contributed by atoms with Crippen LogP contribution in [0.4, 0.5) is 13.2 Å². The summed E-state index contributed by atoms with van der Waals surface area (Å²) >= 11 is 0. The van der Waals surface area contributed by atoms with E-state index in [1.807, 2.05) is 47.1 Å². The van der Waals surface area contributed by atoms with Gasteiger partial charge in [0.1, 0.15) is 5.75 Å². The minimum absolute atomic E-state index is 0.350. The van der Waals surface area contributed by atoms with Crippen LogP contribution in [0.3, 0.4) is 0 Å². The minimum Gasteiger partial charge on any atom is -0.497 e. The van der Waals surface area contributed by atoms with Crippen molar-refractivity contribution >= 4 is 11.6 Å². The standard InChI is InChI=1S/C24H25N5O.C2HF3O2/c1-30-22-9-4-6-18(14-22)19-10-11-23-26-24(27-29(23)16-19)20-7-5-13-28(15-20)17-21-8-2-3-12-25-21;3-2(4,5)1(6)7/h2-4,6,8-12,14,16,20H,5,7,13,15,17H2,1H3;(H,6,7). The molecule has 11 heteroatoms. The first kappa shape index (κ1) is 26.1. The largest absolute Gasteiger partial charge is 0.497 e. The number of benzene rings is 1. The number of carbonyl (C=O) groups is 1. The third-order valence-corrected chi connectivity index (χ3v) is 5.98. The topological polar surface area (TPSA) is 92.9 Å². The van der Waals surface area contributed by atoms with Gasteiger partial charge in [0, 0.05) is 37.0 Å². The summed E-state index contributed by atoms with van der Waals surface area (Å²) in [6.45, 7) is 2.95. The molecule has 0 saturated carbocycles. The molecule has 0 bridgehead atoms. The Bertz CT molecular complexity index is 1340. The van der Waals surface area contributed by atoms with Crippen LogP contribution in [0, 0.1) is 0 Å². The number of halogens is 3. The lowest BCUT2D eigenvalue weighted by Gasteiger charge is -2.31. The van der Waals surface area contributed by atoms with Crippen LogP contribution in [0.2, 0.25) is 0 Å². The molecule has 0 amide bonds. The summed E-state index contributed by atoms with van der Waals surface area (Å²) in [5, 5.41) is 12.0. The van der Waals surface area contributed by atoms with E-state index in [2.05, 4.69) is 34.3 Å². The maximum Gasteiger partial charge on any atom is 0.490 e. The molecule has 1 saturated heterocycles. The summed E-state index contributed by atoms with van der Waals surface area (Å²) in [4.78, 5) is 20.7. The predicted octanol–water partition coefficient (Wildman–Crippen LogP) is 4.81. The number of fused-ring (bicyclic) bond motifs is 1. The van der Waals surface area contributed by atoms with Gasteiger partial charge in [-0.3, -0.25) is 9.88 Å². The van der Waals surface area contributed by atoms with Crippen molar-refractivity contribution in [2.24, 2.45) is 0 Å². The highest BCUT2D eigenvalue weighted by atomic mass is 19.4. The predicted molar refractivity (Wildman–Crippen MR) is 130 cm³/mol. The zero-order valence-electron chi connectivity index (χ0n) is 20.1. The SMILES string of the molecule is COc1cccc(-c2ccc3nc(C4CCCN(Cc5ccccn5)C4)nn3c2)c1.O=C(O)C(F)(F)F. The van der Waals surface area contributed by atoms with Gasteiger partial charge in [-0.15, -0.1) is 0 Å². The van der Waals surface area contributed by atoms with Crippen LogP contribution in [-0.2, 0) is 11.3 Å². The van der Waals surface area contributed by atoms with Gasteiger partial charge in [0.15, 0.2) is 11.5 Å². The Morgan fingerprint density at radius 2 is 1.95 bits per heavy atom. The number of carboxylic acid groups (broad SMARTS) is 1. The summed E-state index contributed by atoms with van der Waals surface area (Å²) in [6, 6.07) is 18.3. The zero-order valence-corrected chi connectivity index (χ0v) is 20.1. The summed E-state index contributed by atoms with van der Waals surface area (Å²) in [5.74, 6) is -0.624. The van der Waals surface area contributed by atoms with Crippen LogP contribution in [0.25, 0.3) is 16.8 Å². The van der Waals surface area contributed by atoms with Crippen molar-refractivity contribution < 1.29 is 27.8 Å². The first-order valence-electron chi connectivity index (χ1n) is 11.7. The van der Waals surface area contributed by atoms with Gasteiger partial charge in [0.2, 0.25) is 0 Å². The van der Waals surface area contributed by atoms with E-state index in [9.17, 15) is 13.2 Å². The molecule has 1 aliphatic rings. The number of likely N-dealkylation sites (tertiary alicyclic amines) is 1. The molecule has 1 N–H and O–H groups in total. The Labute approximate surface area is 211 Å². The number of nitrogens with zero attached hydrogens (tertiary/aromatic N) is 5. The first-order valence-corrected chi connectivity index (χ1v) is 11.7. The highest BCUT2D eigenvalue weighted by molar-refractivity contribution is 5.73. The lowest BCUT2D eigenvalue weighted by atomic mass is 9.97. The van der Waals surface area contributed by atoms with Gasteiger partial charge in [0.25, 0.3) is 0 Å². The molecule has 0 aliphatic carbocycles.